The molecule has 2 atom stereocenters. The number of ether oxygens (including phenoxy) is 1. The fourth-order valence-corrected chi connectivity index (χ4v) is 7.97. The molecule has 33 heavy (non-hydrogen) atoms. The standard InChI is InChI=1S/C21H18ClF3N2O4S2/c1-31-14-5-2-12(3-6-14)8-19(28)26-20-27(17-10-33(29,30)11-18(17)32-20)13-4-7-16(22)15(9-13)21(23,24)25/h2-7,9,17-18H,8,10-11H2,1H3/t17-,18+/m0/s1. The summed E-state index contributed by atoms with van der Waals surface area (Å²) in [6.07, 6.45) is -4.72. The number of aliphatic imine (C=N–C) groups is 1. The summed E-state index contributed by atoms with van der Waals surface area (Å²) in [5, 5.41) is -0.732. The Labute approximate surface area is 197 Å². The molecule has 2 saturated heterocycles. The first kappa shape index (κ1) is 23.9. The molecular weight excluding hydrogens is 501 g/mol. The van der Waals surface area contributed by atoms with E-state index in [9.17, 15) is 26.4 Å². The molecule has 0 radical (unpaired) electrons. The molecule has 12 heteroatoms. The normalized spacial score (nSPS) is 23.1. The Morgan fingerprint density at radius 1 is 1.21 bits per heavy atom. The van der Waals surface area contributed by atoms with Crippen LogP contribution in [0.2, 0.25) is 5.02 Å². The SMILES string of the molecule is COc1ccc(CC(=O)N=C2S[C@@H]3CS(=O)(=O)C[C@@H]3N2c2ccc(Cl)c(C(F)(F)F)c2)cc1. The molecule has 1 amide bonds. The molecule has 0 aromatic heterocycles. The zero-order valence-corrected chi connectivity index (χ0v) is 19.6. The van der Waals surface area contributed by atoms with Crippen LogP contribution in [0, 0.1) is 0 Å². The van der Waals surface area contributed by atoms with Crippen LogP contribution >= 0.6 is 23.4 Å². The lowest BCUT2D eigenvalue weighted by Crippen LogP contribution is -2.38. The number of rotatable bonds is 4. The second kappa shape index (κ2) is 8.84. The number of carbonyl (C=O) groups excluding carboxylic acids is 1. The van der Waals surface area contributed by atoms with Gasteiger partial charge >= 0.3 is 6.18 Å². The van der Waals surface area contributed by atoms with Gasteiger partial charge in [0.15, 0.2) is 15.0 Å². The molecule has 0 spiro atoms. The number of thioether (sulfide) groups is 1. The fraction of sp³-hybridized carbons (Fsp3) is 0.333. The first-order chi connectivity index (χ1) is 15.5. The van der Waals surface area contributed by atoms with Crippen molar-refractivity contribution in [1.29, 1.82) is 0 Å². The topological polar surface area (TPSA) is 76.0 Å². The van der Waals surface area contributed by atoms with E-state index in [0.717, 1.165) is 23.9 Å². The van der Waals surface area contributed by atoms with Gasteiger partial charge < -0.3 is 9.64 Å². The van der Waals surface area contributed by atoms with Gasteiger partial charge in [0.2, 0.25) is 0 Å². The third-order valence-electron chi connectivity index (χ3n) is 5.33. The van der Waals surface area contributed by atoms with E-state index in [1.165, 1.54) is 18.1 Å². The number of methoxy groups -OCH3 is 1. The van der Waals surface area contributed by atoms with Gasteiger partial charge in [0.25, 0.3) is 5.91 Å². The monoisotopic (exact) mass is 518 g/mol. The summed E-state index contributed by atoms with van der Waals surface area (Å²) in [4.78, 5) is 18.2. The predicted molar refractivity (Wildman–Crippen MR) is 122 cm³/mol. The van der Waals surface area contributed by atoms with Crippen LogP contribution in [0.4, 0.5) is 18.9 Å². The van der Waals surface area contributed by atoms with Gasteiger partial charge in [0.05, 0.1) is 41.7 Å². The Balaban J connectivity index is 1.67. The summed E-state index contributed by atoms with van der Waals surface area (Å²) in [5.41, 5.74) is -0.270. The summed E-state index contributed by atoms with van der Waals surface area (Å²) in [7, 11) is -1.84. The number of anilines is 1. The van der Waals surface area contributed by atoms with Gasteiger partial charge in [0.1, 0.15) is 5.75 Å². The number of nitrogens with zero attached hydrogens (tertiary/aromatic N) is 2. The quantitative estimate of drug-likeness (QED) is 0.603. The van der Waals surface area contributed by atoms with Gasteiger partial charge in [-0.15, -0.1) is 0 Å². The average Bonchev–Trinajstić information content (AvgIpc) is 3.19. The molecule has 2 aromatic rings. The minimum atomic E-state index is -4.69. The molecule has 6 nitrogen and oxygen atoms in total. The summed E-state index contributed by atoms with van der Waals surface area (Å²) < 4.78 is 69.7. The lowest BCUT2D eigenvalue weighted by atomic mass is 10.1. The van der Waals surface area contributed by atoms with Crippen LogP contribution in [0.1, 0.15) is 11.1 Å². The molecule has 0 unspecified atom stereocenters. The number of benzene rings is 2. The van der Waals surface area contributed by atoms with Crippen LogP contribution < -0.4 is 9.64 Å². The van der Waals surface area contributed by atoms with Crippen LogP contribution in [-0.4, -0.2) is 49.4 Å². The minimum absolute atomic E-state index is 0.0239. The van der Waals surface area contributed by atoms with Crippen LogP contribution in [0.3, 0.4) is 0 Å². The van der Waals surface area contributed by atoms with Gasteiger partial charge in [-0.05, 0) is 35.9 Å². The zero-order chi connectivity index (χ0) is 24.0. The second-order valence-electron chi connectivity index (χ2n) is 7.65. The highest BCUT2D eigenvalue weighted by Crippen LogP contribution is 2.43. The van der Waals surface area contributed by atoms with E-state index in [2.05, 4.69) is 4.99 Å². The zero-order valence-electron chi connectivity index (χ0n) is 17.2. The number of amidine groups is 1. The summed E-state index contributed by atoms with van der Waals surface area (Å²) >= 11 is 6.83. The Morgan fingerprint density at radius 2 is 1.91 bits per heavy atom. The molecular formula is C21H18ClF3N2O4S2. The first-order valence-electron chi connectivity index (χ1n) is 9.74. The number of carbonyl (C=O) groups is 1. The third-order valence-corrected chi connectivity index (χ3v) is 8.87. The van der Waals surface area contributed by atoms with E-state index in [4.69, 9.17) is 16.3 Å². The van der Waals surface area contributed by atoms with E-state index in [-0.39, 0.29) is 28.8 Å². The van der Waals surface area contributed by atoms with Crippen LogP contribution in [0.25, 0.3) is 0 Å². The van der Waals surface area contributed by atoms with E-state index in [0.29, 0.717) is 11.3 Å². The van der Waals surface area contributed by atoms with Crippen molar-refractivity contribution in [1.82, 2.24) is 0 Å². The van der Waals surface area contributed by atoms with Gasteiger partial charge in [-0.25, -0.2) is 8.42 Å². The van der Waals surface area contributed by atoms with Gasteiger partial charge in [-0.2, -0.15) is 18.2 Å². The lowest BCUT2D eigenvalue weighted by molar-refractivity contribution is -0.137. The molecule has 4 rings (SSSR count). The molecule has 0 bridgehead atoms. The maximum Gasteiger partial charge on any atom is 0.417 e. The van der Waals surface area contributed by atoms with Crippen molar-refractivity contribution in [3.8, 4) is 5.75 Å². The maximum absolute atomic E-state index is 13.4. The van der Waals surface area contributed by atoms with E-state index >= 15 is 0 Å². The van der Waals surface area contributed by atoms with Crippen molar-refractivity contribution in [3.63, 3.8) is 0 Å². The number of halogens is 4. The first-order valence-corrected chi connectivity index (χ1v) is 12.8. The number of alkyl halides is 3. The van der Waals surface area contributed by atoms with Crippen LogP contribution in [0.5, 0.6) is 5.75 Å². The van der Waals surface area contributed by atoms with Crippen molar-refractivity contribution < 1.29 is 31.1 Å². The second-order valence-corrected chi connectivity index (χ2v) is 11.4. The predicted octanol–water partition coefficient (Wildman–Crippen LogP) is 4.21. The Kier molecular flexibility index (Phi) is 6.41. The number of fused-ring (bicyclic) bond motifs is 1. The van der Waals surface area contributed by atoms with E-state index < -0.39 is 43.8 Å². The smallest absolute Gasteiger partial charge is 0.417 e. The molecule has 0 saturated carbocycles. The summed E-state index contributed by atoms with van der Waals surface area (Å²) in [5.74, 6) is -0.238. The van der Waals surface area contributed by atoms with E-state index in [1.807, 2.05) is 0 Å². The number of sulfone groups is 1. The maximum atomic E-state index is 13.4. The molecule has 2 aliphatic rings. The summed E-state index contributed by atoms with van der Waals surface area (Å²) in [6, 6.07) is 9.54. The molecule has 0 N–H and O–H groups in total. The van der Waals surface area contributed by atoms with Crippen molar-refractivity contribution in [2.45, 2.75) is 23.9 Å². The number of hydrogen-bond donors (Lipinski definition) is 0. The molecule has 2 aliphatic heterocycles. The fourth-order valence-electron chi connectivity index (χ4n) is 3.81. The van der Waals surface area contributed by atoms with E-state index in [1.54, 1.807) is 24.3 Å². The Morgan fingerprint density at radius 3 is 2.55 bits per heavy atom. The Bertz CT molecular complexity index is 1220. The number of hydrogen-bond acceptors (Lipinski definition) is 5. The van der Waals surface area contributed by atoms with Crippen molar-refractivity contribution in [2.75, 3.05) is 23.5 Å². The van der Waals surface area contributed by atoms with Gasteiger partial charge in [-0.3, -0.25) is 4.79 Å². The van der Waals surface area contributed by atoms with Crippen LogP contribution in [-0.2, 0) is 27.2 Å². The highest BCUT2D eigenvalue weighted by atomic mass is 35.5. The third kappa shape index (κ3) is 5.15. The van der Waals surface area contributed by atoms with Crippen molar-refractivity contribution in [3.05, 3.63) is 58.6 Å². The average molecular weight is 519 g/mol. The largest absolute Gasteiger partial charge is 0.497 e. The Hall–Kier alpha value is -2.24. The molecule has 176 valence electrons. The van der Waals surface area contributed by atoms with Crippen LogP contribution in [0.15, 0.2) is 47.5 Å². The van der Waals surface area contributed by atoms with Gasteiger partial charge in [0, 0.05) is 10.9 Å². The van der Waals surface area contributed by atoms with Crippen molar-refractivity contribution in [2.24, 2.45) is 4.99 Å². The number of amides is 1. The summed E-state index contributed by atoms with van der Waals surface area (Å²) in [6.45, 7) is 0. The lowest BCUT2D eigenvalue weighted by Gasteiger charge is -2.25. The molecule has 2 fully saturated rings. The molecule has 0 aliphatic carbocycles. The van der Waals surface area contributed by atoms with Gasteiger partial charge in [-0.1, -0.05) is 35.5 Å². The minimum Gasteiger partial charge on any atom is -0.497 e. The molecule has 2 heterocycles. The molecule has 2 aromatic carbocycles. The highest BCUT2D eigenvalue weighted by Gasteiger charge is 2.49. The van der Waals surface area contributed by atoms with Crippen molar-refractivity contribution >= 4 is 50.0 Å². The highest BCUT2D eigenvalue weighted by molar-refractivity contribution is 8.16.